The molecule has 0 amide bonds. The van der Waals surface area contributed by atoms with Gasteiger partial charge >= 0.3 is 0 Å². The Kier molecular flexibility index (Phi) is 4.56. The number of Topliss-reactive ketones (excluding diaryl/α,β-unsaturated/α-hetero) is 1. The largest absolute Gasteiger partial charge is 0.332 e. The highest BCUT2D eigenvalue weighted by molar-refractivity contribution is 7.10. The standard InChI is InChI=1S/C19H24N4OS/c1-3-22-6-8-23(9-7-22)19-20-13(2)18-15(21-19)11-14(12-16(18)24)17-5-4-10-25-17/h4-5,10,14H,3,6-9,11-12H2,1-2H3/p+1/t14-/m1/s1. The van der Waals surface area contributed by atoms with Gasteiger partial charge in [-0.15, -0.1) is 11.3 Å². The Labute approximate surface area is 152 Å². The lowest BCUT2D eigenvalue weighted by atomic mass is 9.84. The number of quaternary nitrogens is 1. The summed E-state index contributed by atoms with van der Waals surface area (Å²) in [6, 6.07) is 4.20. The van der Waals surface area contributed by atoms with Crippen LogP contribution in [0.2, 0.25) is 0 Å². The molecule has 2 aliphatic rings. The number of likely N-dealkylation sites (N-methyl/N-ethyl adjacent to an activating group) is 1. The summed E-state index contributed by atoms with van der Waals surface area (Å²) in [6.07, 6.45) is 1.42. The summed E-state index contributed by atoms with van der Waals surface area (Å²) in [4.78, 5) is 27.4. The highest BCUT2D eigenvalue weighted by Gasteiger charge is 2.31. The second-order valence-corrected chi connectivity index (χ2v) is 8.04. The van der Waals surface area contributed by atoms with Gasteiger partial charge in [0.15, 0.2) is 5.78 Å². The molecule has 25 heavy (non-hydrogen) atoms. The van der Waals surface area contributed by atoms with Crippen LogP contribution >= 0.6 is 11.3 Å². The van der Waals surface area contributed by atoms with Crippen molar-refractivity contribution in [1.82, 2.24) is 9.97 Å². The lowest BCUT2D eigenvalue weighted by Gasteiger charge is -2.32. The number of piperazine rings is 1. The Hall–Kier alpha value is -1.79. The molecule has 4 rings (SSSR count). The van der Waals surface area contributed by atoms with Crippen molar-refractivity contribution in [1.29, 1.82) is 0 Å². The van der Waals surface area contributed by atoms with E-state index in [0.29, 0.717) is 6.42 Å². The summed E-state index contributed by atoms with van der Waals surface area (Å²) in [7, 11) is 0. The van der Waals surface area contributed by atoms with Gasteiger partial charge in [-0.25, -0.2) is 9.97 Å². The molecule has 3 heterocycles. The zero-order valence-corrected chi connectivity index (χ0v) is 15.7. The molecule has 1 aliphatic carbocycles. The molecule has 0 radical (unpaired) electrons. The molecule has 132 valence electrons. The molecule has 0 saturated carbocycles. The number of aryl methyl sites for hydroxylation is 1. The van der Waals surface area contributed by atoms with E-state index >= 15 is 0 Å². The number of aromatic nitrogens is 2. The van der Waals surface area contributed by atoms with Gasteiger partial charge in [0.25, 0.3) is 0 Å². The van der Waals surface area contributed by atoms with Crippen molar-refractivity contribution in [2.75, 3.05) is 37.6 Å². The Morgan fingerprint density at radius 1 is 1.28 bits per heavy atom. The molecular formula is C19H25N4OS+. The second kappa shape index (κ2) is 6.84. The summed E-state index contributed by atoms with van der Waals surface area (Å²) in [6.45, 7) is 9.61. The zero-order valence-electron chi connectivity index (χ0n) is 14.9. The van der Waals surface area contributed by atoms with E-state index in [1.165, 1.54) is 11.4 Å². The quantitative estimate of drug-likeness (QED) is 0.904. The number of ketones is 1. The number of hydrogen-bond donors (Lipinski definition) is 1. The third-order valence-corrected chi connectivity index (χ3v) is 6.54. The van der Waals surface area contributed by atoms with Crippen LogP contribution in [0.5, 0.6) is 0 Å². The first-order valence-electron chi connectivity index (χ1n) is 9.18. The molecule has 2 aromatic heterocycles. The van der Waals surface area contributed by atoms with E-state index < -0.39 is 0 Å². The van der Waals surface area contributed by atoms with Crippen LogP contribution in [0.3, 0.4) is 0 Å². The van der Waals surface area contributed by atoms with E-state index in [0.717, 1.165) is 55.5 Å². The molecule has 0 bridgehead atoms. The number of anilines is 1. The van der Waals surface area contributed by atoms with Gasteiger partial charge in [-0.2, -0.15) is 0 Å². The SMILES string of the molecule is CC[NH+]1CCN(c2nc(C)c3c(n2)C[C@@H](c2cccs2)CC3=O)CC1. The average Bonchev–Trinajstić information content (AvgIpc) is 3.16. The van der Waals surface area contributed by atoms with Crippen molar-refractivity contribution >= 4 is 23.1 Å². The van der Waals surface area contributed by atoms with E-state index in [1.54, 1.807) is 16.2 Å². The van der Waals surface area contributed by atoms with Crippen molar-refractivity contribution in [3.8, 4) is 0 Å². The molecule has 0 unspecified atom stereocenters. The molecule has 2 aromatic rings. The summed E-state index contributed by atoms with van der Waals surface area (Å²) in [5, 5.41) is 2.08. The maximum atomic E-state index is 12.7. The fourth-order valence-electron chi connectivity index (χ4n) is 4.00. The number of carbonyl (C=O) groups excluding carboxylic acids is 1. The maximum Gasteiger partial charge on any atom is 0.226 e. The third-order valence-electron chi connectivity index (χ3n) is 5.50. The number of hydrogen-bond acceptors (Lipinski definition) is 5. The Morgan fingerprint density at radius 3 is 2.76 bits per heavy atom. The van der Waals surface area contributed by atoms with Crippen molar-refractivity contribution in [2.45, 2.75) is 32.6 Å². The first kappa shape index (κ1) is 16.7. The lowest BCUT2D eigenvalue weighted by molar-refractivity contribution is -0.898. The van der Waals surface area contributed by atoms with Gasteiger partial charge in [0.2, 0.25) is 5.95 Å². The van der Waals surface area contributed by atoms with E-state index in [-0.39, 0.29) is 11.7 Å². The van der Waals surface area contributed by atoms with E-state index in [4.69, 9.17) is 4.98 Å². The molecule has 1 fully saturated rings. The molecule has 1 N–H and O–H groups in total. The van der Waals surface area contributed by atoms with E-state index in [9.17, 15) is 4.79 Å². The second-order valence-electron chi connectivity index (χ2n) is 7.07. The van der Waals surface area contributed by atoms with Gasteiger partial charge in [-0.05, 0) is 31.7 Å². The molecule has 1 saturated heterocycles. The van der Waals surface area contributed by atoms with E-state index in [2.05, 4.69) is 34.3 Å². The number of thiophene rings is 1. The van der Waals surface area contributed by atoms with Gasteiger partial charge < -0.3 is 9.80 Å². The molecule has 6 heteroatoms. The molecule has 0 spiro atoms. The van der Waals surface area contributed by atoms with Gasteiger partial charge in [0.05, 0.1) is 49.7 Å². The Balaban J connectivity index is 1.62. The topological polar surface area (TPSA) is 50.5 Å². The summed E-state index contributed by atoms with van der Waals surface area (Å²) in [5.74, 6) is 1.28. The summed E-state index contributed by atoms with van der Waals surface area (Å²) < 4.78 is 0. The van der Waals surface area contributed by atoms with Crippen LogP contribution in [0, 0.1) is 6.92 Å². The van der Waals surface area contributed by atoms with Crippen molar-refractivity contribution in [3.05, 3.63) is 39.3 Å². The van der Waals surface area contributed by atoms with Gasteiger partial charge in [0, 0.05) is 17.2 Å². The van der Waals surface area contributed by atoms with Crippen LogP contribution in [0.1, 0.15) is 45.9 Å². The number of nitrogens with zero attached hydrogens (tertiary/aromatic N) is 3. The minimum absolute atomic E-state index is 0.198. The van der Waals surface area contributed by atoms with Crippen LogP contribution in [-0.4, -0.2) is 48.5 Å². The molecular weight excluding hydrogens is 332 g/mol. The van der Waals surface area contributed by atoms with Crippen molar-refractivity contribution < 1.29 is 9.69 Å². The molecule has 0 aromatic carbocycles. The van der Waals surface area contributed by atoms with Crippen LogP contribution in [0.4, 0.5) is 5.95 Å². The fraction of sp³-hybridized carbons (Fsp3) is 0.526. The predicted octanol–water partition coefficient (Wildman–Crippen LogP) is 1.48. The fourth-order valence-corrected chi connectivity index (χ4v) is 4.83. The number of fused-ring (bicyclic) bond motifs is 1. The van der Waals surface area contributed by atoms with Gasteiger partial charge in [-0.3, -0.25) is 4.79 Å². The minimum Gasteiger partial charge on any atom is -0.332 e. The maximum absolute atomic E-state index is 12.7. The van der Waals surface area contributed by atoms with Gasteiger partial charge in [0.1, 0.15) is 0 Å². The minimum atomic E-state index is 0.198. The Bertz CT molecular complexity index is 766. The number of nitrogens with one attached hydrogen (secondary N) is 1. The molecule has 1 atom stereocenters. The smallest absolute Gasteiger partial charge is 0.226 e. The summed E-state index contributed by atoms with van der Waals surface area (Å²) in [5.41, 5.74) is 2.57. The monoisotopic (exact) mass is 357 g/mol. The molecule has 5 nitrogen and oxygen atoms in total. The normalized spacial score (nSPS) is 21.4. The van der Waals surface area contributed by atoms with Crippen LogP contribution in [0.15, 0.2) is 17.5 Å². The van der Waals surface area contributed by atoms with Crippen LogP contribution in [0.25, 0.3) is 0 Å². The summed E-state index contributed by atoms with van der Waals surface area (Å²) >= 11 is 1.74. The van der Waals surface area contributed by atoms with Crippen LogP contribution in [-0.2, 0) is 6.42 Å². The van der Waals surface area contributed by atoms with Crippen molar-refractivity contribution in [2.24, 2.45) is 0 Å². The first-order chi connectivity index (χ1) is 12.2. The number of rotatable bonds is 3. The zero-order chi connectivity index (χ0) is 17.4. The average molecular weight is 358 g/mol. The van der Waals surface area contributed by atoms with Crippen molar-refractivity contribution in [3.63, 3.8) is 0 Å². The third kappa shape index (κ3) is 3.20. The lowest BCUT2D eigenvalue weighted by Crippen LogP contribution is -3.14. The number of carbonyl (C=O) groups is 1. The van der Waals surface area contributed by atoms with Crippen LogP contribution < -0.4 is 9.80 Å². The molecule has 1 aliphatic heterocycles. The van der Waals surface area contributed by atoms with E-state index in [1.807, 2.05) is 6.92 Å². The Morgan fingerprint density at radius 2 is 2.08 bits per heavy atom. The first-order valence-corrected chi connectivity index (χ1v) is 10.1. The van der Waals surface area contributed by atoms with Gasteiger partial charge in [-0.1, -0.05) is 6.07 Å². The highest BCUT2D eigenvalue weighted by atomic mass is 32.1. The highest BCUT2D eigenvalue weighted by Crippen LogP contribution is 2.35. The predicted molar refractivity (Wildman–Crippen MR) is 99.9 cm³/mol.